The van der Waals surface area contributed by atoms with Gasteiger partial charge in [-0.1, -0.05) is 0 Å². The molecule has 0 aliphatic carbocycles. The van der Waals surface area contributed by atoms with Crippen LogP contribution in [-0.4, -0.2) is 55.8 Å². The minimum atomic E-state index is -0.117. The van der Waals surface area contributed by atoms with E-state index >= 15 is 0 Å². The molecule has 15 heavy (non-hydrogen) atoms. The Morgan fingerprint density at radius 1 is 1.20 bits per heavy atom. The molecule has 0 aliphatic heterocycles. The molecule has 0 aromatic heterocycles. The van der Waals surface area contributed by atoms with Gasteiger partial charge < -0.3 is 19.5 Å². The van der Waals surface area contributed by atoms with E-state index in [9.17, 15) is 0 Å². The van der Waals surface area contributed by atoms with Crippen molar-refractivity contribution < 1.29 is 14.6 Å². The third kappa shape index (κ3) is 6.84. The first-order valence-corrected chi connectivity index (χ1v) is 5.69. The molecule has 0 amide bonds. The summed E-state index contributed by atoms with van der Waals surface area (Å²) in [6.07, 6.45) is 0.719. The second-order valence-electron chi connectivity index (χ2n) is 3.64. The van der Waals surface area contributed by atoms with Gasteiger partial charge in [-0.15, -0.1) is 0 Å². The fourth-order valence-corrected chi connectivity index (χ4v) is 1.26. The first kappa shape index (κ1) is 14.8. The first-order valence-electron chi connectivity index (χ1n) is 5.69. The molecule has 0 saturated heterocycles. The van der Waals surface area contributed by atoms with E-state index in [1.807, 2.05) is 27.8 Å². The fourth-order valence-electron chi connectivity index (χ4n) is 1.26. The monoisotopic (exact) mass is 219 g/mol. The Bertz CT molecular complexity index is 138. The van der Waals surface area contributed by atoms with E-state index in [2.05, 4.69) is 4.90 Å². The summed E-state index contributed by atoms with van der Waals surface area (Å²) in [6.45, 7) is 8.32. The van der Waals surface area contributed by atoms with Crippen LogP contribution in [-0.2, 0) is 9.47 Å². The Morgan fingerprint density at radius 2 is 1.73 bits per heavy atom. The molecule has 0 radical (unpaired) electrons. The fraction of sp³-hybridized carbons (Fsp3) is 1.00. The third-order valence-electron chi connectivity index (χ3n) is 2.44. The second-order valence-corrected chi connectivity index (χ2v) is 3.64. The predicted molar refractivity (Wildman–Crippen MR) is 60.8 cm³/mol. The zero-order chi connectivity index (χ0) is 11.7. The van der Waals surface area contributed by atoms with E-state index in [0.29, 0.717) is 13.2 Å². The van der Waals surface area contributed by atoms with Crippen molar-refractivity contribution in [3.05, 3.63) is 0 Å². The maximum atomic E-state index is 8.97. The molecule has 1 N–H and O–H groups in total. The summed E-state index contributed by atoms with van der Waals surface area (Å²) in [5.74, 6) is 0. The highest BCUT2D eigenvalue weighted by atomic mass is 16.7. The summed E-state index contributed by atoms with van der Waals surface area (Å²) >= 11 is 0. The number of hydrogen-bond acceptors (Lipinski definition) is 4. The molecule has 0 bridgehead atoms. The van der Waals surface area contributed by atoms with Crippen LogP contribution in [0.4, 0.5) is 0 Å². The zero-order valence-electron chi connectivity index (χ0n) is 10.4. The second kappa shape index (κ2) is 9.09. The van der Waals surface area contributed by atoms with Gasteiger partial charge in [0.05, 0.1) is 6.61 Å². The number of aliphatic hydroxyl groups is 1. The minimum Gasteiger partial charge on any atom is -0.395 e. The lowest BCUT2D eigenvalue weighted by atomic mass is 10.3. The van der Waals surface area contributed by atoms with Crippen molar-refractivity contribution in [2.24, 2.45) is 0 Å². The molecule has 0 aromatic carbocycles. The summed E-state index contributed by atoms with van der Waals surface area (Å²) in [5.41, 5.74) is 0. The lowest BCUT2D eigenvalue weighted by molar-refractivity contribution is -0.142. The summed E-state index contributed by atoms with van der Waals surface area (Å²) in [6, 6.07) is 0.189. The van der Waals surface area contributed by atoms with Gasteiger partial charge in [0.25, 0.3) is 0 Å². The van der Waals surface area contributed by atoms with Crippen LogP contribution in [0.2, 0.25) is 0 Å². The molecule has 4 nitrogen and oxygen atoms in total. The van der Waals surface area contributed by atoms with E-state index in [1.54, 1.807) is 0 Å². The largest absolute Gasteiger partial charge is 0.395 e. The Balaban J connectivity index is 3.76. The van der Waals surface area contributed by atoms with Gasteiger partial charge in [-0.25, -0.2) is 0 Å². The van der Waals surface area contributed by atoms with Gasteiger partial charge in [-0.2, -0.15) is 0 Å². The Labute approximate surface area is 93.2 Å². The van der Waals surface area contributed by atoms with Crippen molar-refractivity contribution in [2.45, 2.75) is 39.5 Å². The highest BCUT2D eigenvalue weighted by molar-refractivity contribution is 4.62. The molecule has 4 heteroatoms. The highest BCUT2D eigenvalue weighted by Gasteiger charge is 2.12. The molecule has 0 rings (SSSR count). The molecule has 92 valence electrons. The van der Waals surface area contributed by atoms with Gasteiger partial charge in [0.1, 0.15) is 0 Å². The topological polar surface area (TPSA) is 41.9 Å². The van der Waals surface area contributed by atoms with Crippen LogP contribution < -0.4 is 0 Å². The van der Waals surface area contributed by atoms with E-state index in [4.69, 9.17) is 14.6 Å². The highest BCUT2D eigenvalue weighted by Crippen LogP contribution is 2.04. The Kier molecular flexibility index (Phi) is 9.00. The van der Waals surface area contributed by atoms with Gasteiger partial charge in [-0.3, -0.25) is 0 Å². The lowest BCUT2D eigenvalue weighted by Gasteiger charge is -2.25. The summed E-state index contributed by atoms with van der Waals surface area (Å²) in [7, 11) is 2.00. The van der Waals surface area contributed by atoms with Crippen molar-refractivity contribution in [3.63, 3.8) is 0 Å². The molecule has 0 saturated carbocycles. The van der Waals surface area contributed by atoms with Crippen LogP contribution in [0.3, 0.4) is 0 Å². The molecule has 0 heterocycles. The average molecular weight is 219 g/mol. The van der Waals surface area contributed by atoms with Crippen LogP contribution in [0.1, 0.15) is 27.2 Å². The van der Waals surface area contributed by atoms with Crippen molar-refractivity contribution in [1.29, 1.82) is 0 Å². The van der Waals surface area contributed by atoms with Gasteiger partial charge in [-0.05, 0) is 27.8 Å². The van der Waals surface area contributed by atoms with Crippen LogP contribution in [0.15, 0.2) is 0 Å². The molecule has 0 aliphatic rings. The molecular weight excluding hydrogens is 194 g/mol. The van der Waals surface area contributed by atoms with Crippen LogP contribution >= 0.6 is 0 Å². The summed E-state index contributed by atoms with van der Waals surface area (Å²) < 4.78 is 10.9. The zero-order valence-corrected chi connectivity index (χ0v) is 10.4. The molecule has 0 fully saturated rings. The van der Waals surface area contributed by atoms with Crippen LogP contribution in [0.25, 0.3) is 0 Å². The molecule has 0 spiro atoms. The van der Waals surface area contributed by atoms with Crippen molar-refractivity contribution in [2.75, 3.05) is 33.4 Å². The van der Waals surface area contributed by atoms with Gasteiger partial charge in [0.2, 0.25) is 0 Å². The van der Waals surface area contributed by atoms with Gasteiger partial charge >= 0.3 is 0 Å². The number of aliphatic hydroxyl groups excluding tert-OH is 1. The van der Waals surface area contributed by atoms with Gasteiger partial charge in [0.15, 0.2) is 6.29 Å². The van der Waals surface area contributed by atoms with Crippen molar-refractivity contribution in [1.82, 2.24) is 4.90 Å². The van der Waals surface area contributed by atoms with Crippen molar-refractivity contribution >= 4 is 0 Å². The van der Waals surface area contributed by atoms with E-state index in [0.717, 1.165) is 13.0 Å². The number of ether oxygens (including phenoxy) is 2. The van der Waals surface area contributed by atoms with Crippen molar-refractivity contribution in [3.8, 4) is 0 Å². The number of hydrogen-bond donors (Lipinski definition) is 1. The smallest absolute Gasteiger partial charge is 0.158 e. The van der Waals surface area contributed by atoms with E-state index in [1.165, 1.54) is 0 Å². The quantitative estimate of drug-likeness (QED) is 0.589. The minimum absolute atomic E-state index is 0.117. The molecule has 1 atom stereocenters. The van der Waals surface area contributed by atoms with Gasteiger partial charge in [0, 0.05) is 32.2 Å². The van der Waals surface area contributed by atoms with E-state index in [-0.39, 0.29) is 18.9 Å². The molecule has 1 unspecified atom stereocenters. The van der Waals surface area contributed by atoms with Crippen LogP contribution in [0, 0.1) is 0 Å². The first-order chi connectivity index (χ1) is 7.15. The lowest BCUT2D eigenvalue weighted by Crippen LogP contribution is -2.35. The predicted octanol–water partition coefficient (Wildman–Crippen LogP) is 1.09. The Hall–Kier alpha value is -0.160. The van der Waals surface area contributed by atoms with Crippen LogP contribution in [0.5, 0.6) is 0 Å². The maximum absolute atomic E-state index is 8.97. The number of rotatable bonds is 9. The van der Waals surface area contributed by atoms with E-state index < -0.39 is 0 Å². The third-order valence-corrected chi connectivity index (χ3v) is 2.44. The molecule has 0 aromatic rings. The molecular formula is C11H25NO3. The number of nitrogens with zero attached hydrogens (tertiary/aromatic N) is 1. The number of likely N-dealkylation sites (N-methyl/N-ethyl adjacent to an activating group) is 1. The maximum Gasteiger partial charge on any atom is 0.158 e. The normalized spacial score (nSPS) is 13.8. The summed E-state index contributed by atoms with van der Waals surface area (Å²) in [5, 5.41) is 8.97. The summed E-state index contributed by atoms with van der Waals surface area (Å²) in [4.78, 5) is 2.10. The Morgan fingerprint density at radius 3 is 2.13 bits per heavy atom. The SMILES string of the molecule is CCOC(CCN(C)C(C)CO)OCC. The average Bonchev–Trinajstić information content (AvgIpc) is 2.25. The standard InChI is InChI=1S/C11H25NO3/c1-5-14-11(15-6-2)7-8-12(4)10(3)9-13/h10-11,13H,5-9H2,1-4H3.